The molecule has 0 amide bonds. The van der Waals surface area contributed by atoms with E-state index in [0.717, 1.165) is 11.1 Å². The summed E-state index contributed by atoms with van der Waals surface area (Å²) in [5, 5.41) is 0. The molecule has 0 bridgehead atoms. The Balaban J connectivity index is 0.000000336. The Kier molecular flexibility index (Phi) is 2.79. The van der Waals surface area contributed by atoms with Gasteiger partial charge in [0.25, 0.3) is 0 Å². The van der Waals surface area contributed by atoms with Crippen molar-refractivity contribution in [3.8, 4) is 0 Å². The highest BCUT2D eigenvalue weighted by Crippen LogP contribution is 2.12. The number of rotatable bonds is 0. The molecule has 0 saturated heterocycles. The predicted octanol–water partition coefficient (Wildman–Crippen LogP) is 0.955. The van der Waals surface area contributed by atoms with Crippen LogP contribution in [0.25, 0.3) is 11.1 Å². The summed E-state index contributed by atoms with van der Waals surface area (Å²) in [6.07, 6.45) is 1.46. The minimum Gasteiger partial charge on any atom is -0.443 e. The molecule has 0 spiro atoms. The molecular formula is C8H11N3O. The summed E-state index contributed by atoms with van der Waals surface area (Å²) in [6, 6.07) is 5.95. The number of hydrazine groups is 1. The molecule has 0 aliphatic rings. The van der Waals surface area contributed by atoms with Crippen LogP contribution < -0.4 is 11.7 Å². The van der Waals surface area contributed by atoms with Crippen LogP contribution in [0.3, 0.4) is 0 Å². The second kappa shape index (κ2) is 3.85. The van der Waals surface area contributed by atoms with Crippen LogP contribution in [0.1, 0.15) is 5.56 Å². The number of oxazole rings is 1. The SMILES string of the molecule is Cc1ccc2ncoc2c1.NN. The molecule has 12 heavy (non-hydrogen) atoms. The van der Waals surface area contributed by atoms with Gasteiger partial charge in [0.2, 0.25) is 0 Å². The van der Waals surface area contributed by atoms with Crippen LogP contribution in [-0.4, -0.2) is 4.98 Å². The third kappa shape index (κ3) is 1.61. The van der Waals surface area contributed by atoms with E-state index >= 15 is 0 Å². The molecule has 0 fully saturated rings. The zero-order valence-electron chi connectivity index (χ0n) is 6.82. The normalized spacial score (nSPS) is 9.25. The van der Waals surface area contributed by atoms with Crippen molar-refractivity contribution >= 4 is 11.1 Å². The molecule has 0 saturated carbocycles. The van der Waals surface area contributed by atoms with Crippen LogP contribution in [-0.2, 0) is 0 Å². The number of aryl methyl sites for hydroxylation is 1. The smallest absolute Gasteiger partial charge is 0.181 e. The number of hydrogen-bond donors (Lipinski definition) is 2. The van der Waals surface area contributed by atoms with E-state index in [0.29, 0.717) is 0 Å². The maximum Gasteiger partial charge on any atom is 0.181 e. The molecule has 4 heteroatoms. The van der Waals surface area contributed by atoms with Crippen molar-refractivity contribution in [2.24, 2.45) is 11.7 Å². The maximum absolute atomic E-state index is 5.09. The van der Waals surface area contributed by atoms with Crippen LogP contribution in [0.5, 0.6) is 0 Å². The van der Waals surface area contributed by atoms with Gasteiger partial charge in [-0.05, 0) is 24.6 Å². The maximum atomic E-state index is 5.09. The van der Waals surface area contributed by atoms with Crippen molar-refractivity contribution in [3.63, 3.8) is 0 Å². The van der Waals surface area contributed by atoms with Gasteiger partial charge in [-0.2, -0.15) is 0 Å². The van der Waals surface area contributed by atoms with Gasteiger partial charge in [-0.1, -0.05) is 6.07 Å². The van der Waals surface area contributed by atoms with Crippen LogP contribution in [0.2, 0.25) is 0 Å². The third-order valence-electron chi connectivity index (χ3n) is 1.49. The van der Waals surface area contributed by atoms with Crippen LogP contribution in [0.15, 0.2) is 29.0 Å². The van der Waals surface area contributed by atoms with Crippen molar-refractivity contribution < 1.29 is 4.42 Å². The number of nitrogens with zero attached hydrogens (tertiary/aromatic N) is 1. The van der Waals surface area contributed by atoms with E-state index in [-0.39, 0.29) is 0 Å². The van der Waals surface area contributed by atoms with Gasteiger partial charge in [0.15, 0.2) is 12.0 Å². The average molecular weight is 165 g/mol. The number of nitrogens with two attached hydrogens (primary N) is 2. The van der Waals surface area contributed by atoms with Crippen molar-refractivity contribution in [2.45, 2.75) is 6.92 Å². The van der Waals surface area contributed by atoms with E-state index in [1.54, 1.807) is 0 Å². The monoisotopic (exact) mass is 165 g/mol. The zero-order valence-corrected chi connectivity index (χ0v) is 6.82. The summed E-state index contributed by atoms with van der Waals surface area (Å²) >= 11 is 0. The zero-order chi connectivity index (χ0) is 8.97. The Bertz CT molecular complexity index is 356. The number of fused-ring (bicyclic) bond motifs is 1. The summed E-state index contributed by atoms with van der Waals surface area (Å²) in [4.78, 5) is 3.99. The molecule has 4 N–H and O–H groups in total. The molecule has 0 radical (unpaired) electrons. The lowest BCUT2D eigenvalue weighted by molar-refractivity contribution is 0.602. The molecule has 0 atom stereocenters. The van der Waals surface area contributed by atoms with Crippen LogP contribution in [0.4, 0.5) is 0 Å². The van der Waals surface area contributed by atoms with E-state index in [2.05, 4.69) is 16.7 Å². The van der Waals surface area contributed by atoms with Gasteiger partial charge < -0.3 is 4.42 Å². The lowest BCUT2D eigenvalue weighted by Crippen LogP contribution is -2.02. The highest BCUT2D eigenvalue weighted by atomic mass is 16.3. The fraction of sp³-hybridized carbons (Fsp3) is 0.125. The van der Waals surface area contributed by atoms with Gasteiger partial charge in [0.05, 0.1) is 0 Å². The van der Waals surface area contributed by atoms with Crippen molar-refractivity contribution in [1.29, 1.82) is 0 Å². The van der Waals surface area contributed by atoms with Gasteiger partial charge in [0, 0.05) is 0 Å². The Hall–Kier alpha value is -1.39. The predicted molar refractivity (Wildman–Crippen MR) is 47.1 cm³/mol. The van der Waals surface area contributed by atoms with Gasteiger partial charge in [-0.25, -0.2) is 4.98 Å². The average Bonchev–Trinajstić information content (AvgIpc) is 2.54. The first-order valence-corrected chi connectivity index (χ1v) is 3.49. The minimum atomic E-state index is 0.861. The summed E-state index contributed by atoms with van der Waals surface area (Å²) in [5.41, 5.74) is 2.98. The fourth-order valence-corrected chi connectivity index (χ4v) is 0.962. The molecule has 4 nitrogen and oxygen atoms in total. The molecule has 1 heterocycles. The number of aromatic nitrogens is 1. The summed E-state index contributed by atoms with van der Waals surface area (Å²) < 4.78 is 5.09. The lowest BCUT2D eigenvalue weighted by atomic mass is 10.2. The highest BCUT2D eigenvalue weighted by molar-refractivity contribution is 5.72. The number of benzene rings is 1. The third-order valence-corrected chi connectivity index (χ3v) is 1.49. The van der Waals surface area contributed by atoms with Crippen LogP contribution in [0, 0.1) is 6.92 Å². The molecule has 0 aliphatic carbocycles. The second-order valence-electron chi connectivity index (χ2n) is 2.32. The van der Waals surface area contributed by atoms with Crippen molar-refractivity contribution in [2.75, 3.05) is 0 Å². The van der Waals surface area contributed by atoms with Gasteiger partial charge in [-0.15, -0.1) is 0 Å². The molecule has 2 rings (SSSR count). The quantitative estimate of drug-likeness (QED) is 0.450. The Morgan fingerprint density at radius 1 is 1.33 bits per heavy atom. The topological polar surface area (TPSA) is 78.1 Å². The second-order valence-corrected chi connectivity index (χ2v) is 2.32. The Morgan fingerprint density at radius 2 is 2.08 bits per heavy atom. The van der Waals surface area contributed by atoms with Crippen molar-refractivity contribution in [3.05, 3.63) is 30.2 Å². The molecule has 0 unspecified atom stereocenters. The molecule has 1 aromatic carbocycles. The van der Waals surface area contributed by atoms with Gasteiger partial charge in [0.1, 0.15) is 5.52 Å². The highest BCUT2D eigenvalue weighted by Gasteiger charge is 1.95. The molecule has 0 aliphatic heterocycles. The molecule has 64 valence electrons. The lowest BCUT2D eigenvalue weighted by Gasteiger charge is -1.87. The Morgan fingerprint density at radius 3 is 2.83 bits per heavy atom. The number of hydrogen-bond acceptors (Lipinski definition) is 4. The largest absolute Gasteiger partial charge is 0.443 e. The van der Waals surface area contributed by atoms with Crippen LogP contribution >= 0.6 is 0 Å². The van der Waals surface area contributed by atoms with E-state index in [1.165, 1.54) is 12.0 Å². The van der Waals surface area contributed by atoms with E-state index < -0.39 is 0 Å². The summed E-state index contributed by atoms with van der Waals surface area (Å²) in [6.45, 7) is 2.03. The minimum absolute atomic E-state index is 0.861. The first-order chi connectivity index (χ1) is 5.86. The standard InChI is InChI=1S/C8H7NO.H4N2/c1-6-2-3-7-8(4-6)10-5-9-7;1-2/h2-5H,1H3;1-2H2. The molecule has 1 aromatic heterocycles. The van der Waals surface area contributed by atoms with Crippen molar-refractivity contribution in [1.82, 2.24) is 4.98 Å². The fourth-order valence-electron chi connectivity index (χ4n) is 0.962. The molecular weight excluding hydrogens is 154 g/mol. The van der Waals surface area contributed by atoms with E-state index in [4.69, 9.17) is 4.42 Å². The molecule has 2 aromatic rings. The summed E-state index contributed by atoms with van der Waals surface area (Å²) in [7, 11) is 0. The van der Waals surface area contributed by atoms with E-state index in [1.807, 2.05) is 25.1 Å². The first kappa shape index (κ1) is 8.70. The van der Waals surface area contributed by atoms with E-state index in [9.17, 15) is 0 Å². The Labute approximate surface area is 70.1 Å². The van der Waals surface area contributed by atoms with Gasteiger partial charge >= 0.3 is 0 Å². The van der Waals surface area contributed by atoms with Gasteiger partial charge in [-0.3, -0.25) is 11.7 Å². The summed E-state index contributed by atoms with van der Waals surface area (Å²) in [5.74, 6) is 8.00. The first-order valence-electron chi connectivity index (χ1n) is 3.49.